The zero-order valence-corrected chi connectivity index (χ0v) is 15.0. The van der Waals surface area contributed by atoms with Gasteiger partial charge in [-0.25, -0.2) is 0 Å². The van der Waals surface area contributed by atoms with Crippen molar-refractivity contribution < 1.29 is 19.0 Å². The normalized spacial score (nSPS) is 36.4. The molecule has 0 aromatic heterocycles. The molecule has 3 aliphatic rings. The number of methoxy groups -OCH3 is 1. The van der Waals surface area contributed by atoms with Gasteiger partial charge in [0.15, 0.2) is 0 Å². The van der Waals surface area contributed by atoms with Gasteiger partial charge in [0.05, 0.1) is 19.8 Å². The number of carbonyl (C=O) groups excluding carboxylic acids is 1. The molecular formula is C20H27NO4. The molecule has 2 fully saturated rings. The minimum absolute atomic E-state index is 0.0284. The monoisotopic (exact) mass is 345 g/mol. The number of para-hydroxylation sites is 1. The Morgan fingerprint density at radius 1 is 1.40 bits per heavy atom. The predicted octanol–water partition coefficient (Wildman–Crippen LogP) is 2.99. The molecule has 2 saturated heterocycles. The molecule has 1 N–H and O–H groups in total. The van der Waals surface area contributed by atoms with E-state index >= 15 is 0 Å². The van der Waals surface area contributed by atoms with E-state index in [1.165, 1.54) is 13.5 Å². The number of hydrogen-bond donors (Lipinski definition) is 1. The lowest BCUT2D eigenvalue weighted by molar-refractivity contribution is -0.159. The zero-order chi connectivity index (χ0) is 17.5. The van der Waals surface area contributed by atoms with E-state index in [0.29, 0.717) is 12.8 Å². The maximum Gasteiger partial charge on any atom is 0.305 e. The number of benzene rings is 1. The van der Waals surface area contributed by atoms with Gasteiger partial charge in [-0.3, -0.25) is 4.79 Å². The average molecular weight is 345 g/mol. The van der Waals surface area contributed by atoms with E-state index in [-0.39, 0.29) is 23.5 Å². The summed E-state index contributed by atoms with van der Waals surface area (Å²) in [5.41, 5.74) is 0.754. The number of esters is 1. The van der Waals surface area contributed by atoms with Gasteiger partial charge in [-0.2, -0.15) is 0 Å². The molecule has 0 aliphatic carbocycles. The lowest BCUT2D eigenvalue weighted by Gasteiger charge is -2.53. The molecule has 0 saturated carbocycles. The molecule has 1 aromatic rings. The van der Waals surface area contributed by atoms with Crippen LogP contribution in [-0.4, -0.2) is 37.4 Å². The Hall–Kier alpha value is -1.59. The van der Waals surface area contributed by atoms with Gasteiger partial charge in [0, 0.05) is 23.4 Å². The van der Waals surface area contributed by atoms with Crippen molar-refractivity contribution in [2.75, 3.05) is 20.3 Å². The molecule has 5 heteroatoms. The van der Waals surface area contributed by atoms with Crippen LogP contribution in [0.1, 0.15) is 50.7 Å². The van der Waals surface area contributed by atoms with E-state index in [1.807, 2.05) is 18.2 Å². The van der Waals surface area contributed by atoms with Gasteiger partial charge in [0.2, 0.25) is 0 Å². The highest BCUT2D eigenvalue weighted by Crippen LogP contribution is 2.53. The second kappa shape index (κ2) is 6.29. The van der Waals surface area contributed by atoms with Crippen LogP contribution in [0.15, 0.2) is 24.3 Å². The van der Waals surface area contributed by atoms with Crippen molar-refractivity contribution >= 4 is 5.97 Å². The minimum Gasteiger partial charge on any atom is -0.487 e. The van der Waals surface area contributed by atoms with E-state index < -0.39 is 5.60 Å². The summed E-state index contributed by atoms with van der Waals surface area (Å²) in [5, 5.41) is 3.67. The summed E-state index contributed by atoms with van der Waals surface area (Å²) in [7, 11) is 1.44. The van der Waals surface area contributed by atoms with Crippen LogP contribution in [-0.2, 0) is 14.3 Å². The third-order valence-corrected chi connectivity index (χ3v) is 6.25. The van der Waals surface area contributed by atoms with Crippen molar-refractivity contribution in [3.63, 3.8) is 0 Å². The predicted molar refractivity (Wildman–Crippen MR) is 93.5 cm³/mol. The lowest BCUT2D eigenvalue weighted by Crippen LogP contribution is -2.58. The summed E-state index contributed by atoms with van der Waals surface area (Å²) in [6.45, 7) is 3.92. The number of nitrogens with one attached hydrogen (secondary N) is 1. The number of fused-ring (bicyclic) bond motifs is 3. The third-order valence-electron chi connectivity index (χ3n) is 6.25. The highest BCUT2D eigenvalue weighted by molar-refractivity contribution is 5.69. The van der Waals surface area contributed by atoms with Gasteiger partial charge in [0.25, 0.3) is 0 Å². The van der Waals surface area contributed by atoms with E-state index in [1.54, 1.807) is 0 Å². The number of hydrogen-bond acceptors (Lipinski definition) is 5. The first-order valence-electron chi connectivity index (χ1n) is 9.27. The standard InChI is InChI=1S/C20H27NO4/c1-19(10-8-17(22)23-2)15-12-20(9-5-11-21-20)13-24-18(15)14-6-3-4-7-16(14)25-19/h3-4,6-7,15,18,21H,5,8-13H2,1-2H3/t15-,18+,19-,20?/m0/s1. The number of carbonyl (C=O) groups is 1. The van der Waals surface area contributed by atoms with Crippen LogP contribution in [0.4, 0.5) is 0 Å². The van der Waals surface area contributed by atoms with Crippen molar-refractivity contribution in [3.05, 3.63) is 29.8 Å². The Kier molecular flexibility index (Phi) is 4.24. The van der Waals surface area contributed by atoms with E-state index in [2.05, 4.69) is 18.3 Å². The number of ether oxygens (including phenoxy) is 3. The van der Waals surface area contributed by atoms with Crippen molar-refractivity contribution in [3.8, 4) is 5.75 Å². The summed E-state index contributed by atoms with van der Waals surface area (Å²) in [6.07, 6.45) is 4.37. The fourth-order valence-corrected chi connectivity index (χ4v) is 4.79. The van der Waals surface area contributed by atoms with Crippen LogP contribution in [0.25, 0.3) is 0 Å². The smallest absolute Gasteiger partial charge is 0.305 e. The van der Waals surface area contributed by atoms with E-state index in [9.17, 15) is 4.79 Å². The molecule has 4 atom stereocenters. The van der Waals surface area contributed by atoms with E-state index in [4.69, 9.17) is 14.2 Å². The van der Waals surface area contributed by atoms with Crippen LogP contribution >= 0.6 is 0 Å². The Balaban J connectivity index is 1.66. The minimum atomic E-state index is -0.440. The zero-order valence-electron chi connectivity index (χ0n) is 15.0. The summed E-state index contributed by atoms with van der Waals surface area (Å²) >= 11 is 0. The molecule has 0 radical (unpaired) electrons. The first-order chi connectivity index (χ1) is 12.1. The van der Waals surface area contributed by atoms with Crippen LogP contribution in [0.3, 0.4) is 0 Å². The SMILES string of the molecule is COC(=O)CC[C@]1(C)Oc2ccccc2[C@H]2OCC3(CCCN3)C[C@@H]21. The third kappa shape index (κ3) is 2.93. The molecule has 0 bridgehead atoms. The Morgan fingerprint density at radius 2 is 2.24 bits per heavy atom. The van der Waals surface area contributed by atoms with Crippen LogP contribution in [0.2, 0.25) is 0 Å². The second-order valence-corrected chi connectivity index (χ2v) is 7.88. The van der Waals surface area contributed by atoms with Crippen molar-refractivity contribution in [2.24, 2.45) is 5.92 Å². The Bertz CT molecular complexity index is 655. The van der Waals surface area contributed by atoms with Gasteiger partial charge in [0.1, 0.15) is 11.4 Å². The quantitative estimate of drug-likeness (QED) is 0.854. The molecule has 1 spiro atoms. The van der Waals surface area contributed by atoms with Gasteiger partial charge in [-0.15, -0.1) is 0 Å². The molecule has 1 unspecified atom stereocenters. The molecule has 3 aliphatic heterocycles. The fraction of sp³-hybridized carbons (Fsp3) is 0.650. The summed E-state index contributed by atoms with van der Waals surface area (Å²) in [5.74, 6) is 0.906. The molecule has 0 amide bonds. The van der Waals surface area contributed by atoms with Gasteiger partial charge >= 0.3 is 5.97 Å². The highest BCUT2D eigenvalue weighted by Gasteiger charge is 2.54. The van der Waals surface area contributed by atoms with Crippen LogP contribution < -0.4 is 10.1 Å². The molecule has 4 rings (SSSR count). The number of rotatable bonds is 3. The Morgan fingerprint density at radius 3 is 3.00 bits per heavy atom. The fourth-order valence-electron chi connectivity index (χ4n) is 4.79. The van der Waals surface area contributed by atoms with Gasteiger partial charge in [-0.05, 0) is 45.2 Å². The molecule has 1 aromatic carbocycles. The molecule has 3 heterocycles. The maximum atomic E-state index is 11.7. The largest absolute Gasteiger partial charge is 0.487 e. The van der Waals surface area contributed by atoms with Crippen molar-refractivity contribution in [1.82, 2.24) is 5.32 Å². The first-order valence-corrected chi connectivity index (χ1v) is 9.27. The summed E-state index contributed by atoms with van der Waals surface area (Å²) < 4.78 is 17.7. The van der Waals surface area contributed by atoms with Crippen molar-refractivity contribution in [2.45, 2.75) is 56.3 Å². The summed E-state index contributed by atoms with van der Waals surface area (Å²) in [6, 6.07) is 8.14. The van der Waals surface area contributed by atoms with Crippen LogP contribution in [0, 0.1) is 5.92 Å². The van der Waals surface area contributed by atoms with E-state index in [0.717, 1.165) is 37.3 Å². The highest BCUT2D eigenvalue weighted by atomic mass is 16.5. The van der Waals surface area contributed by atoms with Crippen molar-refractivity contribution in [1.29, 1.82) is 0 Å². The average Bonchev–Trinajstić information content (AvgIpc) is 3.08. The van der Waals surface area contributed by atoms with Crippen LogP contribution in [0.5, 0.6) is 5.75 Å². The topological polar surface area (TPSA) is 56.8 Å². The van der Waals surface area contributed by atoms with Gasteiger partial charge in [-0.1, -0.05) is 18.2 Å². The second-order valence-electron chi connectivity index (χ2n) is 7.88. The van der Waals surface area contributed by atoms with Gasteiger partial charge < -0.3 is 19.5 Å². The molecular weight excluding hydrogens is 318 g/mol. The summed E-state index contributed by atoms with van der Waals surface area (Å²) in [4.78, 5) is 11.7. The molecule has 25 heavy (non-hydrogen) atoms. The molecule has 5 nitrogen and oxygen atoms in total. The molecule has 136 valence electrons. The first kappa shape index (κ1) is 16.9. The Labute approximate surface area is 149 Å². The lowest BCUT2D eigenvalue weighted by atomic mass is 9.68. The maximum absolute atomic E-state index is 11.7.